The van der Waals surface area contributed by atoms with Crippen LogP contribution in [0.2, 0.25) is 0 Å². The van der Waals surface area contributed by atoms with Gasteiger partial charge in [-0.3, -0.25) is 0 Å². The second-order valence-corrected chi connectivity index (χ2v) is 4.35. The van der Waals surface area contributed by atoms with Crippen LogP contribution in [0.3, 0.4) is 0 Å². The number of aliphatic hydroxyl groups excluding tert-OH is 1. The zero-order chi connectivity index (χ0) is 12.2. The summed E-state index contributed by atoms with van der Waals surface area (Å²) in [6.07, 6.45) is -4.28. The average molecular weight is 272 g/mol. The second-order valence-electron chi connectivity index (χ2n) is 3.00. The Bertz CT molecular complexity index is 331. The third-order valence-corrected chi connectivity index (χ3v) is 3.11. The number of aliphatic hydroxyl groups is 1. The highest BCUT2D eigenvalue weighted by Gasteiger charge is 2.30. The topological polar surface area (TPSA) is 33.1 Å². The molecular formula is C9H9ClF3NOS. The Balaban J connectivity index is 2.58. The maximum atomic E-state index is 12.2. The Morgan fingerprint density at radius 2 is 2.12 bits per heavy atom. The van der Waals surface area contributed by atoms with Crippen LogP contribution < -0.4 is 0 Å². The maximum Gasteiger partial charge on any atom is 0.417 e. The Morgan fingerprint density at radius 1 is 1.44 bits per heavy atom. The zero-order valence-electron chi connectivity index (χ0n) is 8.04. The molecule has 0 radical (unpaired) electrons. The molecule has 1 N–H and O–H groups in total. The van der Waals surface area contributed by atoms with E-state index in [1.807, 2.05) is 0 Å². The number of pyridine rings is 1. The van der Waals surface area contributed by atoms with Crippen LogP contribution in [0.4, 0.5) is 13.2 Å². The first-order chi connectivity index (χ1) is 7.43. The molecule has 1 unspecified atom stereocenters. The molecule has 0 aliphatic rings. The number of aromatic nitrogens is 1. The van der Waals surface area contributed by atoms with Crippen LogP contribution in [0.15, 0.2) is 23.4 Å². The number of alkyl halides is 4. The summed E-state index contributed by atoms with van der Waals surface area (Å²) in [5.74, 6) is 0.398. The minimum atomic E-state index is -4.37. The van der Waals surface area contributed by atoms with E-state index in [1.165, 1.54) is 6.07 Å². The molecule has 0 saturated heterocycles. The van der Waals surface area contributed by atoms with Crippen molar-refractivity contribution in [3.63, 3.8) is 0 Å². The van der Waals surface area contributed by atoms with Crippen molar-refractivity contribution in [3.8, 4) is 0 Å². The number of hydrogen-bond acceptors (Lipinski definition) is 3. The number of halogens is 4. The highest BCUT2D eigenvalue weighted by atomic mass is 35.5. The molecule has 0 aromatic carbocycles. The van der Waals surface area contributed by atoms with E-state index >= 15 is 0 Å². The van der Waals surface area contributed by atoms with E-state index in [4.69, 9.17) is 16.7 Å². The average Bonchev–Trinajstić information content (AvgIpc) is 2.25. The number of hydrogen-bond donors (Lipinski definition) is 1. The van der Waals surface area contributed by atoms with Crippen LogP contribution in [-0.2, 0) is 6.18 Å². The maximum absolute atomic E-state index is 12.2. The molecule has 0 saturated carbocycles. The predicted molar refractivity (Wildman–Crippen MR) is 56.7 cm³/mol. The van der Waals surface area contributed by atoms with E-state index in [2.05, 4.69) is 4.98 Å². The van der Waals surface area contributed by atoms with Gasteiger partial charge >= 0.3 is 6.18 Å². The normalized spacial score (nSPS) is 13.8. The van der Waals surface area contributed by atoms with Gasteiger partial charge in [-0.25, -0.2) is 4.98 Å². The predicted octanol–water partition coefficient (Wildman–Crippen LogP) is 2.79. The van der Waals surface area contributed by atoms with Gasteiger partial charge in [0.15, 0.2) is 0 Å². The summed E-state index contributed by atoms with van der Waals surface area (Å²) in [6, 6.07) is 2.23. The smallest absolute Gasteiger partial charge is 0.391 e. The summed E-state index contributed by atoms with van der Waals surface area (Å²) in [5, 5.41) is 9.57. The van der Waals surface area contributed by atoms with E-state index in [0.29, 0.717) is 10.8 Å². The van der Waals surface area contributed by atoms with E-state index in [-0.39, 0.29) is 5.88 Å². The highest BCUT2D eigenvalue weighted by molar-refractivity contribution is 7.99. The van der Waals surface area contributed by atoms with Crippen LogP contribution in [-0.4, -0.2) is 27.8 Å². The van der Waals surface area contributed by atoms with Crippen LogP contribution in [0.25, 0.3) is 0 Å². The lowest BCUT2D eigenvalue weighted by Gasteiger charge is -2.08. The molecule has 90 valence electrons. The minimum Gasteiger partial charge on any atom is -0.391 e. The summed E-state index contributed by atoms with van der Waals surface area (Å²) < 4.78 is 36.6. The van der Waals surface area contributed by atoms with Gasteiger partial charge in [-0.2, -0.15) is 13.2 Å². The van der Waals surface area contributed by atoms with Gasteiger partial charge in [0.25, 0.3) is 0 Å². The molecule has 16 heavy (non-hydrogen) atoms. The molecule has 0 spiro atoms. The fourth-order valence-electron chi connectivity index (χ4n) is 0.859. The quantitative estimate of drug-likeness (QED) is 0.675. The first-order valence-corrected chi connectivity index (χ1v) is 5.85. The summed E-state index contributed by atoms with van der Waals surface area (Å²) in [7, 11) is 0. The molecule has 1 rings (SSSR count). The largest absolute Gasteiger partial charge is 0.417 e. The molecule has 7 heteroatoms. The number of rotatable bonds is 4. The molecular weight excluding hydrogens is 263 g/mol. The fourth-order valence-corrected chi connectivity index (χ4v) is 1.87. The third-order valence-electron chi connectivity index (χ3n) is 1.67. The number of thioether (sulfide) groups is 1. The first kappa shape index (κ1) is 13.6. The SMILES string of the molecule is OC(CCl)CSc1ccc(C(F)(F)F)cn1. The van der Waals surface area contributed by atoms with E-state index in [1.54, 1.807) is 0 Å². The minimum absolute atomic E-state index is 0.0909. The highest BCUT2D eigenvalue weighted by Crippen LogP contribution is 2.29. The zero-order valence-corrected chi connectivity index (χ0v) is 9.61. The molecule has 0 aliphatic carbocycles. The molecule has 1 heterocycles. The van der Waals surface area contributed by atoms with Crippen molar-refractivity contribution in [3.05, 3.63) is 23.9 Å². The van der Waals surface area contributed by atoms with Gasteiger partial charge in [-0.05, 0) is 12.1 Å². The van der Waals surface area contributed by atoms with Crippen molar-refractivity contribution in [2.24, 2.45) is 0 Å². The van der Waals surface area contributed by atoms with Crippen LogP contribution >= 0.6 is 23.4 Å². The van der Waals surface area contributed by atoms with Crippen LogP contribution in [0, 0.1) is 0 Å². The van der Waals surface area contributed by atoms with Gasteiger partial charge in [0.05, 0.1) is 16.7 Å². The van der Waals surface area contributed by atoms with Crippen molar-refractivity contribution in [1.29, 1.82) is 0 Å². The van der Waals surface area contributed by atoms with Gasteiger partial charge in [0.1, 0.15) is 0 Å². The van der Waals surface area contributed by atoms with Gasteiger partial charge in [-0.15, -0.1) is 23.4 Å². The lowest BCUT2D eigenvalue weighted by Crippen LogP contribution is -2.11. The van der Waals surface area contributed by atoms with Crippen molar-refractivity contribution in [2.45, 2.75) is 17.3 Å². The summed E-state index contributed by atoms with van der Waals surface area (Å²) in [6.45, 7) is 0. The Labute approximate surface area is 99.8 Å². The monoisotopic (exact) mass is 271 g/mol. The molecule has 1 aromatic heterocycles. The fraction of sp³-hybridized carbons (Fsp3) is 0.444. The van der Waals surface area contributed by atoms with Crippen molar-refractivity contribution < 1.29 is 18.3 Å². The third kappa shape index (κ3) is 4.19. The Hall–Kier alpha value is -0.460. The van der Waals surface area contributed by atoms with Gasteiger partial charge in [-0.1, -0.05) is 0 Å². The molecule has 0 aliphatic heterocycles. The molecule has 0 amide bonds. The van der Waals surface area contributed by atoms with E-state index < -0.39 is 17.8 Å². The van der Waals surface area contributed by atoms with Crippen LogP contribution in [0.5, 0.6) is 0 Å². The van der Waals surface area contributed by atoms with E-state index in [0.717, 1.165) is 24.0 Å². The van der Waals surface area contributed by atoms with Gasteiger partial charge in [0.2, 0.25) is 0 Å². The van der Waals surface area contributed by atoms with Crippen molar-refractivity contribution in [1.82, 2.24) is 4.98 Å². The molecule has 1 aromatic rings. The summed E-state index contributed by atoms with van der Waals surface area (Å²) in [5.41, 5.74) is -0.783. The van der Waals surface area contributed by atoms with Crippen molar-refractivity contribution >= 4 is 23.4 Å². The summed E-state index contributed by atoms with van der Waals surface area (Å²) in [4.78, 5) is 3.64. The Kier molecular flexibility index (Phi) is 4.89. The number of nitrogens with zero attached hydrogens (tertiary/aromatic N) is 1. The lowest BCUT2D eigenvalue weighted by molar-refractivity contribution is -0.137. The molecule has 0 fully saturated rings. The van der Waals surface area contributed by atoms with Crippen molar-refractivity contribution in [2.75, 3.05) is 11.6 Å². The first-order valence-electron chi connectivity index (χ1n) is 4.33. The van der Waals surface area contributed by atoms with Crippen LogP contribution in [0.1, 0.15) is 5.56 Å². The van der Waals surface area contributed by atoms with Gasteiger partial charge < -0.3 is 5.11 Å². The molecule has 2 nitrogen and oxygen atoms in total. The molecule has 0 bridgehead atoms. The Morgan fingerprint density at radius 3 is 2.56 bits per heavy atom. The summed E-state index contributed by atoms with van der Waals surface area (Å²) >= 11 is 6.53. The lowest BCUT2D eigenvalue weighted by atomic mass is 10.3. The van der Waals surface area contributed by atoms with Gasteiger partial charge in [0, 0.05) is 17.8 Å². The second kappa shape index (κ2) is 5.75. The van der Waals surface area contributed by atoms with E-state index in [9.17, 15) is 13.2 Å². The standard InChI is InChI=1S/C9H9ClF3NOS/c10-3-7(15)5-16-8-2-1-6(4-14-8)9(11,12)13/h1-2,4,7,15H,3,5H2. The molecule has 1 atom stereocenters.